The third-order valence-electron chi connectivity index (χ3n) is 3.02. The number of anilines is 1. The molecule has 4 heteroatoms. The van der Waals surface area contributed by atoms with Crippen molar-refractivity contribution in [3.8, 4) is 5.75 Å². The van der Waals surface area contributed by atoms with E-state index in [0.29, 0.717) is 12.2 Å². The molecule has 2 N–H and O–H groups in total. The van der Waals surface area contributed by atoms with E-state index in [-0.39, 0.29) is 5.56 Å². The number of methoxy groups -OCH3 is 1. The number of hydrogen-bond donors (Lipinski definition) is 2. The summed E-state index contributed by atoms with van der Waals surface area (Å²) < 4.78 is 5.17. The summed E-state index contributed by atoms with van der Waals surface area (Å²) in [6, 6.07) is 12.9. The van der Waals surface area contributed by atoms with Crippen LogP contribution in [0.15, 0.2) is 42.5 Å². The lowest BCUT2D eigenvalue weighted by atomic mass is 10.1. The van der Waals surface area contributed by atoms with Gasteiger partial charge in [0.1, 0.15) is 5.75 Å². The summed E-state index contributed by atoms with van der Waals surface area (Å²) in [6.45, 7) is 2.48. The zero-order valence-electron chi connectivity index (χ0n) is 11.5. The van der Waals surface area contributed by atoms with Crippen molar-refractivity contribution in [2.75, 3.05) is 12.4 Å². The Hall–Kier alpha value is -2.49. The Bertz CT molecular complexity index is 623. The highest BCUT2D eigenvalue weighted by Crippen LogP contribution is 2.19. The summed E-state index contributed by atoms with van der Waals surface area (Å²) in [6.07, 6.45) is 0. The highest BCUT2D eigenvalue weighted by Gasteiger charge is 2.09. The first kappa shape index (κ1) is 13.9. The topological polar surface area (TPSA) is 58.6 Å². The Balaban J connectivity index is 2.17. The van der Waals surface area contributed by atoms with E-state index in [1.165, 1.54) is 0 Å². The SMILES string of the molecule is COc1cccc(CNc2cc(C)ccc2C(=O)O)c1. The lowest BCUT2D eigenvalue weighted by molar-refractivity contribution is 0.0698. The number of aromatic carboxylic acids is 1. The van der Waals surface area contributed by atoms with E-state index in [9.17, 15) is 9.90 Å². The van der Waals surface area contributed by atoms with Gasteiger partial charge in [0, 0.05) is 12.2 Å². The van der Waals surface area contributed by atoms with Crippen LogP contribution in [0.2, 0.25) is 0 Å². The highest BCUT2D eigenvalue weighted by molar-refractivity contribution is 5.94. The molecule has 0 aliphatic heterocycles. The Labute approximate surface area is 118 Å². The molecule has 0 saturated heterocycles. The van der Waals surface area contributed by atoms with E-state index in [0.717, 1.165) is 16.9 Å². The second-order valence-corrected chi connectivity index (χ2v) is 4.56. The fourth-order valence-corrected chi connectivity index (χ4v) is 1.97. The molecule has 2 aromatic carbocycles. The molecule has 0 heterocycles. The maximum absolute atomic E-state index is 11.2. The number of rotatable bonds is 5. The van der Waals surface area contributed by atoms with Crippen LogP contribution >= 0.6 is 0 Å². The van der Waals surface area contributed by atoms with Gasteiger partial charge >= 0.3 is 5.97 Å². The average molecular weight is 271 g/mol. The Morgan fingerprint density at radius 2 is 2.05 bits per heavy atom. The monoisotopic (exact) mass is 271 g/mol. The third-order valence-corrected chi connectivity index (χ3v) is 3.02. The molecular formula is C16H17NO3. The van der Waals surface area contributed by atoms with Gasteiger partial charge in [0.05, 0.1) is 12.7 Å². The third kappa shape index (κ3) is 3.29. The standard InChI is InChI=1S/C16H17NO3/c1-11-6-7-14(16(18)19)15(8-11)17-10-12-4-3-5-13(9-12)20-2/h3-9,17H,10H2,1-2H3,(H,18,19). The molecule has 0 unspecified atom stereocenters. The quantitative estimate of drug-likeness (QED) is 0.876. The maximum Gasteiger partial charge on any atom is 0.337 e. The van der Waals surface area contributed by atoms with E-state index in [1.54, 1.807) is 19.2 Å². The molecule has 0 radical (unpaired) electrons. The molecule has 0 atom stereocenters. The molecule has 2 rings (SSSR count). The van der Waals surface area contributed by atoms with Crippen molar-refractivity contribution in [2.45, 2.75) is 13.5 Å². The fourth-order valence-electron chi connectivity index (χ4n) is 1.97. The molecule has 0 amide bonds. The van der Waals surface area contributed by atoms with Crippen molar-refractivity contribution in [2.24, 2.45) is 0 Å². The molecule has 0 aliphatic carbocycles. The van der Waals surface area contributed by atoms with Crippen LogP contribution in [0, 0.1) is 6.92 Å². The minimum absolute atomic E-state index is 0.276. The van der Waals surface area contributed by atoms with Crippen LogP contribution < -0.4 is 10.1 Å². The van der Waals surface area contributed by atoms with Gasteiger partial charge in [0.15, 0.2) is 0 Å². The first-order valence-corrected chi connectivity index (χ1v) is 6.31. The van der Waals surface area contributed by atoms with Gasteiger partial charge in [0.2, 0.25) is 0 Å². The first-order chi connectivity index (χ1) is 9.60. The van der Waals surface area contributed by atoms with E-state index in [2.05, 4.69) is 5.32 Å². The van der Waals surface area contributed by atoms with Gasteiger partial charge in [-0.25, -0.2) is 4.79 Å². The van der Waals surface area contributed by atoms with Crippen molar-refractivity contribution in [1.29, 1.82) is 0 Å². The van der Waals surface area contributed by atoms with Crippen LogP contribution in [0.5, 0.6) is 5.75 Å². The summed E-state index contributed by atoms with van der Waals surface area (Å²) in [5, 5.41) is 12.3. The van der Waals surface area contributed by atoms with E-state index in [1.807, 2.05) is 37.3 Å². The molecule has 4 nitrogen and oxygen atoms in total. The van der Waals surface area contributed by atoms with Gasteiger partial charge in [-0.15, -0.1) is 0 Å². The first-order valence-electron chi connectivity index (χ1n) is 6.31. The average Bonchev–Trinajstić information content (AvgIpc) is 2.45. The second-order valence-electron chi connectivity index (χ2n) is 4.56. The van der Waals surface area contributed by atoms with Gasteiger partial charge in [-0.3, -0.25) is 0 Å². The zero-order valence-corrected chi connectivity index (χ0v) is 11.5. The van der Waals surface area contributed by atoms with Crippen LogP contribution in [-0.2, 0) is 6.54 Å². The smallest absolute Gasteiger partial charge is 0.337 e. The van der Waals surface area contributed by atoms with Crippen molar-refractivity contribution in [1.82, 2.24) is 0 Å². The Morgan fingerprint density at radius 3 is 2.75 bits per heavy atom. The van der Waals surface area contributed by atoms with Crippen molar-refractivity contribution >= 4 is 11.7 Å². The minimum Gasteiger partial charge on any atom is -0.497 e. The van der Waals surface area contributed by atoms with Crippen LogP contribution in [0.3, 0.4) is 0 Å². The summed E-state index contributed by atoms with van der Waals surface area (Å²) in [7, 11) is 1.62. The summed E-state index contributed by atoms with van der Waals surface area (Å²) in [5.41, 5.74) is 2.95. The number of nitrogens with one attached hydrogen (secondary N) is 1. The molecule has 20 heavy (non-hydrogen) atoms. The lowest BCUT2D eigenvalue weighted by Gasteiger charge is -2.11. The molecular weight excluding hydrogens is 254 g/mol. The number of carboxylic acids is 1. The predicted octanol–water partition coefficient (Wildman–Crippen LogP) is 3.31. The highest BCUT2D eigenvalue weighted by atomic mass is 16.5. The van der Waals surface area contributed by atoms with E-state index in [4.69, 9.17) is 4.74 Å². The fraction of sp³-hybridized carbons (Fsp3) is 0.188. The summed E-state index contributed by atoms with van der Waals surface area (Å²) >= 11 is 0. The minimum atomic E-state index is -0.932. The van der Waals surface area contributed by atoms with Gasteiger partial charge in [-0.05, 0) is 42.3 Å². The van der Waals surface area contributed by atoms with Gasteiger partial charge in [0.25, 0.3) is 0 Å². The van der Waals surface area contributed by atoms with Crippen LogP contribution in [0.25, 0.3) is 0 Å². The molecule has 0 spiro atoms. The number of hydrogen-bond acceptors (Lipinski definition) is 3. The van der Waals surface area contributed by atoms with Gasteiger partial charge < -0.3 is 15.2 Å². The number of carboxylic acid groups (broad SMARTS) is 1. The molecule has 0 fully saturated rings. The lowest BCUT2D eigenvalue weighted by Crippen LogP contribution is -2.06. The zero-order chi connectivity index (χ0) is 14.5. The number of aryl methyl sites for hydroxylation is 1. The van der Waals surface area contributed by atoms with Crippen LogP contribution in [-0.4, -0.2) is 18.2 Å². The predicted molar refractivity (Wildman–Crippen MR) is 78.5 cm³/mol. The van der Waals surface area contributed by atoms with E-state index >= 15 is 0 Å². The molecule has 0 saturated carbocycles. The van der Waals surface area contributed by atoms with Crippen molar-refractivity contribution in [3.05, 3.63) is 59.2 Å². The molecule has 0 aromatic heterocycles. The molecule has 104 valence electrons. The molecule has 0 bridgehead atoms. The van der Waals surface area contributed by atoms with Gasteiger partial charge in [-0.2, -0.15) is 0 Å². The maximum atomic E-state index is 11.2. The second kappa shape index (κ2) is 6.10. The van der Waals surface area contributed by atoms with Crippen molar-refractivity contribution in [3.63, 3.8) is 0 Å². The number of carbonyl (C=O) groups is 1. The van der Waals surface area contributed by atoms with Gasteiger partial charge in [-0.1, -0.05) is 18.2 Å². The van der Waals surface area contributed by atoms with E-state index < -0.39 is 5.97 Å². The Kier molecular flexibility index (Phi) is 4.25. The normalized spacial score (nSPS) is 10.1. The molecule has 0 aliphatic rings. The number of ether oxygens (including phenoxy) is 1. The van der Waals surface area contributed by atoms with Crippen molar-refractivity contribution < 1.29 is 14.6 Å². The summed E-state index contributed by atoms with van der Waals surface area (Å²) in [4.78, 5) is 11.2. The summed E-state index contributed by atoms with van der Waals surface area (Å²) in [5.74, 6) is -0.148. The number of benzene rings is 2. The van der Waals surface area contributed by atoms with Crippen LogP contribution in [0.4, 0.5) is 5.69 Å². The molecule has 2 aromatic rings. The largest absolute Gasteiger partial charge is 0.497 e. The Morgan fingerprint density at radius 1 is 1.25 bits per heavy atom. The van der Waals surface area contributed by atoms with Crippen LogP contribution in [0.1, 0.15) is 21.5 Å².